The first-order valence-electron chi connectivity index (χ1n) is 10.1. The Hall–Kier alpha value is -2.74. The fourth-order valence-corrected chi connectivity index (χ4v) is 3.90. The number of thiazole rings is 1. The molecule has 13 heteroatoms. The Kier molecular flexibility index (Phi) is 7.12. The van der Waals surface area contributed by atoms with E-state index in [1.54, 1.807) is 12.1 Å². The molecule has 3 aromatic rings. The van der Waals surface area contributed by atoms with Gasteiger partial charge in [0.2, 0.25) is 0 Å². The minimum atomic E-state index is -4.55. The van der Waals surface area contributed by atoms with E-state index in [1.807, 2.05) is 0 Å². The minimum Gasteiger partial charge on any atom is -0.491 e. The highest BCUT2D eigenvalue weighted by atomic mass is 32.1. The van der Waals surface area contributed by atoms with E-state index in [9.17, 15) is 18.3 Å². The van der Waals surface area contributed by atoms with Gasteiger partial charge in [0.15, 0.2) is 10.8 Å². The molecule has 2 aromatic heterocycles. The third-order valence-corrected chi connectivity index (χ3v) is 5.57. The van der Waals surface area contributed by atoms with Crippen molar-refractivity contribution in [2.45, 2.75) is 31.2 Å². The molecule has 0 spiro atoms. The van der Waals surface area contributed by atoms with Crippen LogP contribution in [0.25, 0.3) is 10.9 Å². The molecule has 0 saturated carbocycles. The number of halogens is 3. The van der Waals surface area contributed by atoms with Crippen molar-refractivity contribution < 1.29 is 37.6 Å². The van der Waals surface area contributed by atoms with E-state index in [0.29, 0.717) is 48.5 Å². The summed E-state index contributed by atoms with van der Waals surface area (Å²) >= 11 is 0.802. The van der Waals surface area contributed by atoms with Crippen LogP contribution in [0, 0.1) is 0 Å². The molecule has 1 saturated heterocycles. The molecule has 0 radical (unpaired) electrons. The summed E-state index contributed by atoms with van der Waals surface area (Å²) in [5.74, 6) is 0.936. The van der Waals surface area contributed by atoms with Crippen molar-refractivity contribution in [3.8, 4) is 11.5 Å². The number of aromatic nitrogens is 3. The molecule has 1 aliphatic heterocycles. The lowest BCUT2D eigenvalue weighted by atomic mass is 10.1. The van der Waals surface area contributed by atoms with Gasteiger partial charge in [0.1, 0.15) is 42.5 Å². The molecule has 0 aliphatic carbocycles. The Morgan fingerprint density at radius 1 is 1.24 bits per heavy atom. The largest absolute Gasteiger partial charge is 0.491 e. The van der Waals surface area contributed by atoms with Gasteiger partial charge in [0.05, 0.1) is 30.7 Å². The van der Waals surface area contributed by atoms with Gasteiger partial charge in [-0.05, 0) is 0 Å². The van der Waals surface area contributed by atoms with Crippen LogP contribution in [-0.2, 0) is 10.9 Å². The maximum absolute atomic E-state index is 12.9. The quantitative estimate of drug-likeness (QED) is 0.441. The van der Waals surface area contributed by atoms with E-state index in [0.717, 1.165) is 16.7 Å². The Morgan fingerprint density at radius 2 is 2.03 bits per heavy atom. The lowest BCUT2D eigenvalue weighted by Gasteiger charge is -2.24. The maximum atomic E-state index is 12.9. The monoisotopic (exact) mass is 486 g/mol. The summed E-state index contributed by atoms with van der Waals surface area (Å²) in [5, 5.41) is 22.8. The van der Waals surface area contributed by atoms with Gasteiger partial charge in [0.25, 0.3) is 0 Å². The summed E-state index contributed by atoms with van der Waals surface area (Å²) in [6, 6.07) is 3.19. The summed E-state index contributed by atoms with van der Waals surface area (Å²) in [5.41, 5.74) is -0.580. The van der Waals surface area contributed by atoms with E-state index in [2.05, 4.69) is 20.3 Å². The summed E-state index contributed by atoms with van der Waals surface area (Å²) in [6.07, 6.45) is -3.18. The molecule has 9 nitrogen and oxygen atoms in total. The lowest BCUT2D eigenvalue weighted by Crippen LogP contribution is -2.26. The van der Waals surface area contributed by atoms with E-state index in [1.165, 1.54) is 6.33 Å². The van der Waals surface area contributed by atoms with Gasteiger partial charge in [0, 0.05) is 30.4 Å². The molecule has 1 aromatic carbocycles. The third-order valence-electron chi connectivity index (χ3n) is 4.81. The number of hydrogen-bond donors (Lipinski definition) is 3. The van der Waals surface area contributed by atoms with Crippen molar-refractivity contribution in [2.24, 2.45) is 0 Å². The molecule has 0 amide bonds. The zero-order chi connectivity index (χ0) is 23.4. The Morgan fingerprint density at radius 3 is 2.73 bits per heavy atom. The molecular weight excluding hydrogens is 465 g/mol. The summed E-state index contributed by atoms with van der Waals surface area (Å²) in [4.78, 5) is 12.0. The van der Waals surface area contributed by atoms with Crippen LogP contribution in [-0.4, -0.2) is 63.8 Å². The van der Waals surface area contributed by atoms with Gasteiger partial charge in [-0.15, -0.1) is 11.3 Å². The number of alkyl halides is 3. The first-order valence-corrected chi connectivity index (χ1v) is 11.0. The number of hydrogen-bond acceptors (Lipinski definition) is 10. The predicted molar refractivity (Wildman–Crippen MR) is 113 cm³/mol. The number of rotatable bonds is 8. The van der Waals surface area contributed by atoms with E-state index < -0.39 is 24.6 Å². The van der Waals surface area contributed by atoms with Crippen LogP contribution in [0.2, 0.25) is 0 Å². The standard InChI is InChI=1S/C20H21F3N4O5S/c21-20(22,23)16-9-33-19(26-16)27-18-17-14(24-10-25-18)5-13(31-8-11(29)7-28)6-15(17)32-12-1-3-30-4-2-12/h5-6,9-12,28-29H,1-4,7-8H2,(H,24,25,26,27)/t11-/m1/s1. The van der Waals surface area contributed by atoms with Crippen LogP contribution in [0.1, 0.15) is 18.5 Å². The Bertz CT molecular complexity index is 1090. The second kappa shape index (κ2) is 10.0. The topological polar surface area (TPSA) is 119 Å². The van der Waals surface area contributed by atoms with Crippen molar-refractivity contribution in [3.63, 3.8) is 0 Å². The SMILES string of the molecule is OC[C@@H](O)COc1cc(OC2CCOCC2)c2c(Nc3nc(C(F)(F)F)cs3)ncnc2c1. The second-order valence-electron chi connectivity index (χ2n) is 7.28. The van der Waals surface area contributed by atoms with Crippen molar-refractivity contribution in [1.29, 1.82) is 0 Å². The summed E-state index contributed by atoms with van der Waals surface area (Å²) in [6.45, 7) is 0.488. The number of aliphatic hydroxyl groups is 2. The highest BCUT2D eigenvalue weighted by Crippen LogP contribution is 2.38. The number of anilines is 2. The van der Waals surface area contributed by atoms with Crippen molar-refractivity contribution in [3.05, 3.63) is 29.5 Å². The average Bonchev–Trinajstić information content (AvgIpc) is 3.27. The Balaban J connectivity index is 1.69. The van der Waals surface area contributed by atoms with Crippen LogP contribution >= 0.6 is 11.3 Å². The number of benzene rings is 1. The van der Waals surface area contributed by atoms with Gasteiger partial charge >= 0.3 is 6.18 Å². The maximum Gasteiger partial charge on any atom is 0.434 e. The zero-order valence-electron chi connectivity index (χ0n) is 17.2. The average molecular weight is 486 g/mol. The van der Waals surface area contributed by atoms with E-state index in [4.69, 9.17) is 19.3 Å². The van der Waals surface area contributed by atoms with E-state index >= 15 is 0 Å². The molecule has 3 N–H and O–H groups in total. The first-order chi connectivity index (χ1) is 15.8. The van der Waals surface area contributed by atoms with Crippen LogP contribution in [0.4, 0.5) is 24.1 Å². The molecule has 4 rings (SSSR count). The van der Waals surface area contributed by atoms with Gasteiger partial charge in [-0.1, -0.05) is 0 Å². The number of fused-ring (bicyclic) bond motifs is 1. The minimum absolute atomic E-state index is 0.0192. The van der Waals surface area contributed by atoms with Gasteiger partial charge in [-0.3, -0.25) is 0 Å². The van der Waals surface area contributed by atoms with Crippen molar-refractivity contribution >= 4 is 33.2 Å². The van der Waals surface area contributed by atoms with Gasteiger partial charge in [-0.25, -0.2) is 15.0 Å². The van der Waals surface area contributed by atoms with E-state index in [-0.39, 0.29) is 23.7 Å². The normalized spacial score (nSPS) is 16.0. The summed E-state index contributed by atoms with van der Waals surface area (Å²) in [7, 11) is 0. The molecule has 1 atom stereocenters. The number of nitrogens with one attached hydrogen (secondary N) is 1. The van der Waals surface area contributed by atoms with Gasteiger partial charge in [-0.2, -0.15) is 13.2 Å². The molecule has 178 valence electrons. The highest BCUT2D eigenvalue weighted by Gasteiger charge is 2.34. The molecule has 1 aliphatic rings. The molecule has 33 heavy (non-hydrogen) atoms. The van der Waals surface area contributed by atoms with Crippen LogP contribution in [0.5, 0.6) is 11.5 Å². The van der Waals surface area contributed by atoms with Crippen LogP contribution in [0.15, 0.2) is 23.8 Å². The summed E-state index contributed by atoms with van der Waals surface area (Å²) < 4.78 is 55.9. The molecule has 1 fully saturated rings. The number of nitrogens with zero attached hydrogens (tertiary/aromatic N) is 3. The highest BCUT2D eigenvalue weighted by molar-refractivity contribution is 7.13. The smallest absolute Gasteiger partial charge is 0.434 e. The molecular formula is C20H21F3N4O5S. The molecule has 0 bridgehead atoms. The number of ether oxygens (including phenoxy) is 3. The van der Waals surface area contributed by atoms with Crippen molar-refractivity contribution in [2.75, 3.05) is 31.7 Å². The third kappa shape index (κ3) is 5.79. The number of aliphatic hydroxyl groups excluding tert-OH is 2. The van der Waals surface area contributed by atoms with Crippen LogP contribution in [0.3, 0.4) is 0 Å². The second-order valence-corrected chi connectivity index (χ2v) is 8.13. The molecule has 0 unspecified atom stereocenters. The predicted octanol–water partition coefficient (Wildman–Crippen LogP) is 3.14. The first kappa shape index (κ1) is 23.4. The lowest BCUT2D eigenvalue weighted by molar-refractivity contribution is -0.140. The Labute approximate surface area is 190 Å². The van der Waals surface area contributed by atoms with Gasteiger partial charge < -0.3 is 29.7 Å². The zero-order valence-corrected chi connectivity index (χ0v) is 18.0. The fraction of sp³-hybridized carbons (Fsp3) is 0.450. The molecule has 3 heterocycles. The van der Waals surface area contributed by atoms with Crippen molar-refractivity contribution in [1.82, 2.24) is 15.0 Å². The fourth-order valence-electron chi connectivity index (χ4n) is 3.18. The van der Waals surface area contributed by atoms with Crippen LogP contribution < -0.4 is 14.8 Å².